The number of aliphatic carboxylic acids is 1. The van der Waals surface area contributed by atoms with Gasteiger partial charge >= 0.3 is 5.97 Å². The molecule has 1 amide bonds. The summed E-state index contributed by atoms with van der Waals surface area (Å²) in [5.41, 5.74) is 0. The number of rotatable bonds is 7. The molecule has 0 aliphatic heterocycles. The lowest BCUT2D eigenvalue weighted by molar-refractivity contribution is -0.143. The largest absolute Gasteiger partial charge is 0.480 e. The number of hydrogen-bond acceptors (Lipinski definition) is 3. The monoisotopic (exact) mass is 313 g/mol. The summed E-state index contributed by atoms with van der Waals surface area (Å²) in [5, 5.41) is 11.6. The molecule has 0 fully saturated rings. The third-order valence-corrected chi connectivity index (χ3v) is 4.26. The normalized spacial score (nSPS) is 13.8. The van der Waals surface area contributed by atoms with Gasteiger partial charge < -0.3 is 10.4 Å². The van der Waals surface area contributed by atoms with Crippen molar-refractivity contribution in [2.75, 3.05) is 5.75 Å². The van der Waals surface area contributed by atoms with E-state index in [0.717, 1.165) is 4.90 Å². The third kappa shape index (κ3) is 5.75. The Morgan fingerprint density at radius 2 is 1.81 bits per heavy atom. The molecule has 0 bridgehead atoms. The first-order chi connectivity index (χ1) is 9.81. The molecule has 2 atom stereocenters. The third-order valence-electron chi connectivity index (χ3n) is 2.99. The van der Waals surface area contributed by atoms with Crippen LogP contribution >= 0.6 is 11.8 Å². The van der Waals surface area contributed by atoms with Gasteiger partial charge in [-0.25, -0.2) is 9.18 Å². The van der Waals surface area contributed by atoms with Crippen molar-refractivity contribution >= 4 is 23.6 Å². The Labute approximate surface area is 128 Å². The summed E-state index contributed by atoms with van der Waals surface area (Å²) in [6.45, 7) is 5.24. The molecule has 6 heteroatoms. The van der Waals surface area contributed by atoms with Crippen LogP contribution in [0.5, 0.6) is 0 Å². The highest BCUT2D eigenvalue weighted by Crippen LogP contribution is 2.21. The Bertz CT molecular complexity index is 490. The molecule has 1 aromatic rings. The van der Waals surface area contributed by atoms with E-state index in [1.54, 1.807) is 32.9 Å². The van der Waals surface area contributed by atoms with Crippen molar-refractivity contribution in [1.29, 1.82) is 0 Å². The average Bonchev–Trinajstić information content (AvgIpc) is 2.42. The predicted molar refractivity (Wildman–Crippen MR) is 80.7 cm³/mol. The molecule has 116 valence electrons. The van der Waals surface area contributed by atoms with E-state index in [0.29, 0.717) is 5.75 Å². The van der Waals surface area contributed by atoms with Gasteiger partial charge in [0.25, 0.3) is 0 Å². The molecule has 1 unspecified atom stereocenters. The van der Waals surface area contributed by atoms with Gasteiger partial charge in [-0.05, 0) is 30.2 Å². The molecule has 1 aromatic carbocycles. The summed E-state index contributed by atoms with van der Waals surface area (Å²) < 4.78 is 12.8. The van der Waals surface area contributed by atoms with Crippen LogP contribution in [0.2, 0.25) is 0 Å². The molecular weight excluding hydrogens is 293 g/mol. The molecule has 0 aromatic heterocycles. The maximum absolute atomic E-state index is 12.8. The molecule has 0 saturated carbocycles. The zero-order valence-corrected chi connectivity index (χ0v) is 13.1. The van der Waals surface area contributed by atoms with E-state index in [2.05, 4.69) is 5.32 Å². The lowest BCUT2D eigenvalue weighted by atomic mass is 10.0. The number of nitrogens with one attached hydrogen (secondary N) is 1. The van der Waals surface area contributed by atoms with Crippen LogP contribution in [-0.2, 0) is 9.59 Å². The van der Waals surface area contributed by atoms with E-state index >= 15 is 0 Å². The van der Waals surface area contributed by atoms with Crippen molar-refractivity contribution in [2.24, 2.45) is 11.8 Å². The fraction of sp³-hybridized carbons (Fsp3) is 0.467. The molecule has 4 nitrogen and oxygen atoms in total. The van der Waals surface area contributed by atoms with Gasteiger partial charge in [0.15, 0.2) is 0 Å². The molecule has 0 spiro atoms. The first kappa shape index (κ1) is 17.5. The van der Waals surface area contributed by atoms with Gasteiger partial charge in [0, 0.05) is 16.6 Å². The van der Waals surface area contributed by atoms with Crippen molar-refractivity contribution in [3.8, 4) is 0 Å². The predicted octanol–water partition coefficient (Wildman–Crippen LogP) is 2.78. The zero-order valence-electron chi connectivity index (χ0n) is 12.3. The summed E-state index contributed by atoms with van der Waals surface area (Å²) in [5.74, 6) is -1.63. The number of carboxylic acids is 1. The fourth-order valence-electron chi connectivity index (χ4n) is 1.64. The van der Waals surface area contributed by atoms with Gasteiger partial charge in [-0.15, -0.1) is 11.8 Å². The fourth-order valence-corrected chi connectivity index (χ4v) is 2.56. The zero-order chi connectivity index (χ0) is 16.0. The van der Waals surface area contributed by atoms with E-state index < -0.39 is 12.0 Å². The molecule has 0 aliphatic carbocycles. The van der Waals surface area contributed by atoms with Crippen molar-refractivity contribution < 1.29 is 19.1 Å². The van der Waals surface area contributed by atoms with E-state index in [4.69, 9.17) is 5.11 Å². The summed E-state index contributed by atoms with van der Waals surface area (Å²) in [4.78, 5) is 23.9. The Kier molecular flexibility index (Phi) is 6.68. The van der Waals surface area contributed by atoms with Gasteiger partial charge in [0.05, 0.1) is 0 Å². The molecule has 0 saturated heterocycles. The number of halogens is 1. The molecule has 0 heterocycles. The second-order valence-corrected chi connectivity index (χ2v) is 6.33. The molecular formula is C15H20FNO3S. The van der Waals surface area contributed by atoms with Crippen LogP contribution in [0.3, 0.4) is 0 Å². The maximum Gasteiger partial charge on any atom is 0.326 e. The van der Waals surface area contributed by atoms with Crippen LogP contribution in [0.25, 0.3) is 0 Å². The highest BCUT2D eigenvalue weighted by Gasteiger charge is 2.25. The summed E-state index contributed by atoms with van der Waals surface area (Å²) >= 11 is 1.43. The number of carboxylic acid groups (broad SMARTS) is 1. The Morgan fingerprint density at radius 1 is 1.24 bits per heavy atom. The number of benzene rings is 1. The SMILES string of the molecule is CC(CSc1ccc(F)cc1)C(=O)N[C@H](C(=O)O)C(C)C. The minimum atomic E-state index is -1.03. The van der Waals surface area contributed by atoms with Crippen LogP contribution < -0.4 is 5.32 Å². The minimum Gasteiger partial charge on any atom is -0.480 e. The molecule has 2 N–H and O–H groups in total. The van der Waals surface area contributed by atoms with Crippen LogP contribution in [0.4, 0.5) is 4.39 Å². The second-order valence-electron chi connectivity index (χ2n) is 5.23. The first-order valence-electron chi connectivity index (χ1n) is 6.72. The number of carbonyl (C=O) groups excluding carboxylic acids is 1. The van der Waals surface area contributed by atoms with Crippen molar-refractivity contribution in [2.45, 2.75) is 31.7 Å². The van der Waals surface area contributed by atoms with E-state index in [-0.39, 0.29) is 23.6 Å². The van der Waals surface area contributed by atoms with Gasteiger partial charge in [-0.2, -0.15) is 0 Å². The van der Waals surface area contributed by atoms with Crippen molar-refractivity contribution in [3.05, 3.63) is 30.1 Å². The van der Waals surface area contributed by atoms with Crippen molar-refractivity contribution in [1.82, 2.24) is 5.32 Å². The second kappa shape index (κ2) is 8.02. The van der Waals surface area contributed by atoms with E-state index in [9.17, 15) is 14.0 Å². The molecule has 1 rings (SSSR count). The standard InChI is InChI=1S/C15H20FNO3S/c1-9(2)13(15(19)20)17-14(18)10(3)8-21-12-6-4-11(16)5-7-12/h4-7,9-10,13H,8H2,1-3H3,(H,17,18)(H,19,20)/t10?,13-/m0/s1. The number of hydrogen-bond donors (Lipinski definition) is 2. The molecule has 0 aliphatic rings. The van der Waals surface area contributed by atoms with Crippen LogP contribution in [0, 0.1) is 17.7 Å². The van der Waals surface area contributed by atoms with Crippen molar-refractivity contribution in [3.63, 3.8) is 0 Å². The maximum atomic E-state index is 12.8. The number of carbonyl (C=O) groups is 2. The summed E-state index contributed by atoms with van der Waals surface area (Å²) in [6, 6.07) is 5.16. The lowest BCUT2D eigenvalue weighted by Crippen LogP contribution is -2.46. The first-order valence-corrected chi connectivity index (χ1v) is 7.71. The Morgan fingerprint density at radius 3 is 2.29 bits per heavy atom. The topological polar surface area (TPSA) is 66.4 Å². The Hall–Kier alpha value is -1.56. The summed E-state index contributed by atoms with van der Waals surface area (Å²) in [7, 11) is 0. The molecule has 21 heavy (non-hydrogen) atoms. The van der Waals surface area contributed by atoms with Crippen LogP contribution in [-0.4, -0.2) is 28.8 Å². The van der Waals surface area contributed by atoms with Crippen LogP contribution in [0.1, 0.15) is 20.8 Å². The Balaban J connectivity index is 2.50. The molecule has 0 radical (unpaired) electrons. The van der Waals surface area contributed by atoms with Gasteiger partial charge in [-0.3, -0.25) is 4.79 Å². The highest BCUT2D eigenvalue weighted by atomic mass is 32.2. The number of amides is 1. The lowest BCUT2D eigenvalue weighted by Gasteiger charge is -2.20. The minimum absolute atomic E-state index is 0.177. The van der Waals surface area contributed by atoms with Gasteiger partial charge in [0.2, 0.25) is 5.91 Å². The average molecular weight is 313 g/mol. The quantitative estimate of drug-likeness (QED) is 0.760. The van der Waals surface area contributed by atoms with E-state index in [1.165, 1.54) is 23.9 Å². The van der Waals surface area contributed by atoms with Crippen LogP contribution in [0.15, 0.2) is 29.2 Å². The number of thioether (sulfide) groups is 1. The van der Waals surface area contributed by atoms with E-state index in [1.807, 2.05) is 0 Å². The summed E-state index contributed by atoms with van der Waals surface area (Å²) in [6.07, 6.45) is 0. The smallest absolute Gasteiger partial charge is 0.326 e. The van der Waals surface area contributed by atoms with Gasteiger partial charge in [-0.1, -0.05) is 20.8 Å². The highest BCUT2D eigenvalue weighted by molar-refractivity contribution is 7.99. The van der Waals surface area contributed by atoms with Gasteiger partial charge in [0.1, 0.15) is 11.9 Å².